The number of carbonyl (C=O) groups excluding carboxylic acids is 1. The highest BCUT2D eigenvalue weighted by molar-refractivity contribution is 5.89. The molecule has 2 amide bonds. The van der Waals surface area contributed by atoms with Gasteiger partial charge in [0.15, 0.2) is 5.82 Å². The molecular formula is C12H16N6O. The molecule has 1 aromatic carbocycles. The normalized spacial score (nSPS) is 11.9. The predicted octanol–water partition coefficient (Wildman–Crippen LogP) is 1.28. The Morgan fingerprint density at radius 3 is 2.63 bits per heavy atom. The Morgan fingerprint density at radius 1 is 1.37 bits per heavy atom. The van der Waals surface area contributed by atoms with Crippen LogP contribution in [0.1, 0.15) is 18.8 Å². The number of benzene rings is 1. The first-order chi connectivity index (χ1) is 9.06. The molecule has 0 saturated heterocycles. The molecule has 7 heteroatoms. The number of amides is 2. The molecule has 7 nitrogen and oxygen atoms in total. The van der Waals surface area contributed by atoms with Gasteiger partial charge < -0.3 is 20.9 Å². The van der Waals surface area contributed by atoms with Crippen molar-refractivity contribution in [2.45, 2.75) is 13.0 Å². The summed E-state index contributed by atoms with van der Waals surface area (Å²) in [5, 5.41) is 13.2. The van der Waals surface area contributed by atoms with Gasteiger partial charge in [-0.2, -0.15) is 0 Å². The summed E-state index contributed by atoms with van der Waals surface area (Å²) in [5.41, 5.74) is 6.90. The van der Waals surface area contributed by atoms with Crippen molar-refractivity contribution in [2.24, 2.45) is 7.05 Å². The standard InChI is InChI=1S/C12H16N6O/c1-8(11-17-14-7-18(11)2)15-12(19)16-10-5-3-9(13)4-6-10/h3-8H,13H2,1-2H3,(H2,15,16,19). The summed E-state index contributed by atoms with van der Waals surface area (Å²) in [7, 11) is 1.82. The summed E-state index contributed by atoms with van der Waals surface area (Å²) in [6, 6.07) is 6.38. The lowest BCUT2D eigenvalue weighted by molar-refractivity contribution is 0.248. The van der Waals surface area contributed by atoms with Gasteiger partial charge in [-0.3, -0.25) is 0 Å². The van der Waals surface area contributed by atoms with E-state index in [2.05, 4.69) is 20.8 Å². The van der Waals surface area contributed by atoms with E-state index in [1.165, 1.54) is 0 Å². The highest BCUT2D eigenvalue weighted by atomic mass is 16.2. The molecule has 2 aromatic rings. The van der Waals surface area contributed by atoms with Crippen molar-refractivity contribution in [1.82, 2.24) is 20.1 Å². The van der Waals surface area contributed by atoms with E-state index < -0.39 is 0 Å². The van der Waals surface area contributed by atoms with Gasteiger partial charge in [0.05, 0.1) is 6.04 Å². The first kappa shape index (κ1) is 12.9. The summed E-state index contributed by atoms with van der Waals surface area (Å²) in [5.74, 6) is 0.687. The Bertz CT molecular complexity index is 562. The minimum absolute atomic E-state index is 0.235. The molecule has 4 N–H and O–H groups in total. The smallest absolute Gasteiger partial charge is 0.319 e. The van der Waals surface area contributed by atoms with Crippen molar-refractivity contribution >= 4 is 17.4 Å². The molecule has 0 aliphatic rings. The molecule has 0 aliphatic heterocycles. The number of urea groups is 1. The maximum atomic E-state index is 11.8. The second kappa shape index (κ2) is 5.38. The third kappa shape index (κ3) is 3.21. The zero-order valence-corrected chi connectivity index (χ0v) is 10.8. The van der Waals surface area contributed by atoms with Crippen molar-refractivity contribution < 1.29 is 4.79 Å². The monoisotopic (exact) mass is 260 g/mol. The summed E-state index contributed by atoms with van der Waals surface area (Å²) < 4.78 is 1.76. The highest BCUT2D eigenvalue weighted by Crippen LogP contribution is 2.11. The van der Waals surface area contributed by atoms with Crippen molar-refractivity contribution in [2.75, 3.05) is 11.1 Å². The highest BCUT2D eigenvalue weighted by Gasteiger charge is 2.13. The van der Waals surface area contributed by atoms with E-state index in [4.69, 9.17) is 5.73 Å². The van der Waals surface area contributed by atoms with Gasteiger partial charge >= 0.3 is 6.03 Å². The second-order valence-electron chi connectivity index (χ2n) is 4.24. The number of nitrogen functional groups attached to an aromatic ring is 1. The number of hydrogen-bond acceptors (Lipinski definition) is 4. The maximum Gasteiger partial charge on any atom is 0.319 e. The molecule has 0 radical (unpaired) electrons. The van der Waals surface area contributed by atoms with Crippen LogP contribution >= 0.6 is 0 Å². The van der Waals surface area contributed by atoms with E-state index >= 15 is 0 Å². The van der Waals surface area contributed by atoms with Crippen LogP contribution in [0.3, 0.4) is 0 Å². The number of nitrogens with two attached hydrogens (primary N) is 1. The van der Waals surface area contributed by atoms with Crippen molar-refractivity contribution in [3.8, 4) is 0 Å². The molecule has 1 heterocycles. The Kier molecular flexibility index (Phi) is 3.65. The van der Waals surface area contributed by atoms with Gasteiger partial charge in [-0.15, -0.1) is 10.2 Å². The van der Waals surface area contributed by atoms with E-state index in [1.807, 2.05) is 14.0 Å². The lowest BCUT2D eigenvalue weighted by atomic mass is 10.3. The van der Waals surface area contributed by atoms with Crippen LogP contribution in [0.5, 0.6) is 0 Å². The average Bonchev–Trinajstić information content (AvgIpc) is 2.78. The third-order valence-corrected chi connectivity index (χ3v) is 2.65. The largest absolute Gasteiger partial charge is 0.399 e. The molecule has 19 heavy (non-hydrogen) atoms. The number of aryl methyl sites for hydroxylation is 1. The topological polar surface area (TPSA) is 97.9 Å². The minimum Gasteiger partial charge on any atom is -0.399 e. The van der Waals surface area contributed by atoms with Gasteiger partial charge in [-0.25, -0.2) is 4.79 Å². The van der Waals surface area contributed by atoms with Crippen LogP contribution in [-0.4, -0.2) is 20.8 Å². The number of carbonyl (C=O) groups is 1. The fourth-order valence-corrected chi connectivity index (χ4v) is 1.68. The van der Waals surface area contributed by atoms with Gasteiger partial charge in [-0.05, 0) is 31.2 Å². The molecule has 0 spiro atoms. The number of rotatable bonds is 3. The van der Waals surface area contributed by atoms with E-state index in [-0.39, 0.29) is 12.1 Å². The van der Waals surface area contributed by atoms with Crippen LogP contribution < -0.4 is 16.4 Å². The quantitative estimate of drug-likeness (QED) is 0.724. The first-order valence-electron chi connectivity index (χ1n) is 5.83. The molecule has 0 saturated carbocycles. The van der Waals surface area contributed by atoms with Crippen molar-refractivity contribution in [3.63, 3.8) is 0 Å². The lowest BCUT2D eigenvalue weighted by Gasteiger charge is -2.13. The molecular weight excluding hydrogens is 244 g/mol. The number of aromatic nitrogens is 3. The zero-order valence-electron chi connectivity index (χ0n) is 10.8. The SMILES string of the molecule is CC(NC(=O)Nc1ccc(N)cc1)c1nncn1C. The van der Waals surface area contributed by atoms with Gasteiger partial charge in [0.1, 0.15) is 6.33 Å². The minimum atomic E-state index is -0.305. The van der Waals surface area contributed by atoms with Crippen LogP contribution in [0.4, 0.5) is 16.2 Å². The zero-order chi connectivity index (χ0) is 13.8. The Balaban J connectivity index is 1.94. The van der Waals surface area contributed by atoms with E-state index in [0.717, 1.165) is 0 Å². The van der Waals surface area contributed by atoms with E-state index in [1.54, 1.807) is 35.2 Å². The summed E-state index contributed by atoms with van der Waals surface area (Å²) in [4.78, 5) is 11.8. The second-order valence-corrected chi connectivity index (χ2v) is 4.24. The Morgan fingerprint density at radius 2 is 2.05 bits per heavy atom. The van der Waals surface area contributed by atoms with Gasteiger partial charge in [0, 0.05) is 18.4 Å². The van der Waals surface area contributed by atoms with Crippen molar-refractivity contribution in [1.29, 1.82) is 0 Å². The van der Waals surface area contributed by atoms with Crippen LogP contribution in [0.25, 0.3) is 0 Å². The fraction of sp³-hybridized carbons (Fsp3) is 0.250. The Hall–Kier alpha value is -2.57. The summed E-state index contributed by atoms with van der Waals surface area (Å²) in [6.45, 7) is 1.84. The first-order valence-corrected chi connectivity index (χ1v) is 5.83. The van der Waals surface area contributed by atoms with Gasteiger partial charge in [0.25, 0.3) is 0 Å². The number of nitrogens with zero attached hydrogens (tertiary/aromatic N) is 3. The molecule has 0 aliphatic carbocycles. The van der Waals surface area contributed by atoms with Crippen LogP contribution in [0, 0.1) is 0 Å². The molecule has 0 fully saturated rings. The Labute approximate surface area is 110 Å². The predicted molar refractivity (Wildman–Crippen MR) is 72.4 cm³/mol. The van der Waals surface area contributed by atoms with Crippen LogP contribution in [0.15, 0.2) is 30.6 Å². The average molecular weight is 260 g/mol. The molecule has 1 aromatic heterocycles. The van der Waals surface area contributed by atoms with E-state index in [9.17, 15) is 4.79 Å². The fourth-order valence-electron chi connectivity index (χ4n) is 1.68. The number of nitrogens with one attached hydrogen (secondary N) is 2. The summed E-state index contributed by atoms with van der Waals surface area (Å²) in [6.07, 6.45) is 1.59. The lowest BCUT2D eigenvalue weighted by Crippen LogP contribution is -2.32. The molecule has 100 valence electrons. The summed E-state index contributed by atoms with van der Waals surface area (Å²) >= 11 is 0. The van der Waals surface area contributed by atoms with Gasteiger partial charge in [0.2, 0.25) is 0 Å². The van der Waals surface area contributed by atoms with Crippen LogP contribution in [-0.2, 0) is 7.05 Å². The molecule has 1 unspecified atom stereocenters. The number of hydrogen-bond donors (Lipinski definition) is 3. The third-order valence-electron chi connectivity index (χ3n) is 2.65. The molecule has 0 bridgehead atoms. The van der Waals surface area contributed by atoms with Crippen LogP contribution in [0.2, 0.25) is 0 Å². The molecule has 1 atom stereocenters. The number of anilines is 2. The van der Waals surface area contributed by atoms with Crippen molar-refractivity contribution in [3.05, 3.63) is 36.4 Å². The van der Waals surface area contributed by atoms with Gasteiger partial charge in [-0.1, -0.05) is 0 Å². The van der Waals surface area contributed by atoms with E-state index in [0.29, 0.717) is 17.2 Å². The molecule has 2 rings (SSSR count). The maximum absolute atomic E-state index is 11.8.